The summed E-state index contributed by atoms with van der Waals surface area (Å²) >= 11 is 6.13. The zero-order valence-corrected chi connectivity index (χ0v) is 27.5. The predicted molar refractivity (Wildman–Crippen MR) is 182 cm³/mol. The van der Waals surface area contributed by atoms with Crippen molar-refractivity contribution in [1.82, 2.24) is 20.4 Å². The van der Waals surface area contributed by atoms with Crippen LogP contribution in [0.5, 0.6) is 5.75 Å². The van der Waals surface area contributed by atoms with Crippen LogP contribution in [0.15, 0.2) is 54.6 Å². The van der Waals surface area contributed by atoms with Gasteiger partial charge in [0.1, 0.15) is 11.8 Å². The number of carbonyl (C=O) groups excluding carboxylic acids is 1. The third kappa shape index (κ3) is 8.91. The van der Waals surface area contributed by atoms with Crippen molar-refractivity contribution in [1.29, 1.82) is 5.26 Å². The molecule has 0 unspecified atom stereocenters. The van der Waals surface area contributed by atoms with Crippen LogP contribution < -0.4 is 20.3 Å². The molecule has 1 saturated carbocycles. The largest absolute Gasteiger partial charge is 0.490 e. The second-order valence-electron chi connectivity index (χ2n) is 13.1. The highest BCUT2D eigenvalue weighted by Gasteiger charge is 2.27. The molecular weight excluding hydrogens is 617 g/mol. The van der Waals surface area contributed by atoms with E-state index in [1.54, 1.807) is 24.3 Å². The van der Waals surface area contributed by atoms with E-state index in [4.69, 9.17) is 21.6 Å². The van der Waals surface area contributed by atoms with Gasteiger partial charge in [-0.1, -0.05) is 23.7 Å². The number of hydrogen-bond acceptors (Lipinski definition) is 8. The first-order valence-electron chi connectivity index (χ1n) is 16.9. The molecule has 248 valence electrons. The van der Waals surface area contributed by atoms with E-state index in [0.29, 0.717) is 40.4 Å². The molecule has 0 bridgehead atoms. The summed E-state index contributed by atoms with van der Waals surface area (Å²) in [5, 5.41) is 24.8. The van der Waals surface area contributed by atoms with E-state index in [0.717, 1.165) is 89.2 Å². The molecular formula is C36H43ClFN7O2. The van der Waals surface area contributed by atoms with E-state index in [9.17, 15) is 9.18 Å². The molecule has 47 heavy (non-hydrogen) atoms. The van der Waals surface area contributed by atoms with Gasteiger partial charge in [0.15, 0.2) is 11.5 Å². The minimum Gasteiger partial charge on any atom is -0.490 e. The number of alkyl halides is 1. The lowest BCUT2D eigenvalue weighted by Crippen LogP contribution is -2.54. The topological polar surface area (TPSA) is 106 Å². The fourth-order valence-electron chi connectivity index (χ4n) is 6.85. The van der Waals surface area contributed by atoms with Gasteiger partial charge >= 0.3 is 0 Å². The Morgan fingerprint density at radius 1 is 0.979 bits per heavy atom. The van der Waals surface area contributed by atoms with Gasteiger partial charge in [-0.2, -0.15) is 5.26 Å². The summed E-state index contributed by atoms with van der Waals surface area (Å²) in [6.07, 6.45) is 7.16. The monoisotopic (exact) mass is 659 g/mol. The zero-order valence-electron chi connectivity index (χ0n) is 26.7. The van der Waals surface area contributed by atoms with Gasteiger partial charge in [0.05, 0.1) is 29.4 Å². The second-order valence-corrected chi connectivity index (χ2v) is 13.5. The number of anilines is 2. The molecule has 1 aromatic heterocycles. The van der Waals surface area contributed by atoms with Gasteiger partial charge in [0.25, 0.3) is 5.91 Å². The number of nitrogens with one attached hydrogen (secondary N) is 2. The average molecular weight is 660 g/mol. The Morgan fingerprint density at radius 2 is 1.74 bits per heavy atom. The number of amides is 1. The zero-order chi connectivity index (χ0) is 32.6. The van der Waals surface area contributed by atoms with E-state index >= 15 is 0 Å². The standard InChI is InChI=1S/C36H43ClFN7O2/c37-33-21-32(9-4-27(33)22-39)47-31-10-7-29(8-11-31)41-36(46)34-12-13-35(43-42-34)45-18-14-26(15-19-45)20-25-2-5-28(6-3-25)40-30-23-44(24-30)17-1-16-38/h2-6,9,12-13,21,26,29-31,40H,1,7-8,10-11,14-20,23-24H2,(H,41,46). The van der Waals surface area contributed by atoms with Crippen LogP contribution in [-0.4, -0.2) is 78.6 Å². The van der Waals surface area contributed by atoms with Crippen molar-refractivity contribution < 1.29 is 13.9 Å². The van der Waals surface area contributed by atoms with E-state index in [2.05, 4.69) is 61.0 Å². The highest BCUT2D eigenvalue weighted by atomic mass is 35.5. The number of piperidine rings is 1. The van der Waals surface area contributed by atoms with Crippen LogP contribution in [-0.2, 0) is 6.42 Å². The lowest BCUT2D eigenvalue weighted by molar-refractivity contribution is 0.0888. The quantitative estimate of drug-likeness (QED) is 0.243. The number of carbonyl (C=O) groups is 1. The minimum atomic E-state index is -0.238. The summed E-state index contributed by atoms with van der Waals surface area (Å²) < 4.78 is 18.4. The molecule has 2 saturated heterocycles. The van der Waals surface area contributed by atoms with Gasteiger partial charge in [-0.3, -0.25) is 14.1 Å². The van der Waals surface area contributed by atoms with Crippen LogP contribution >= 0.6 is 11.6 Å². The summed E-state index contributed by atoms with van der Waals surface area (Å²) in [5.74, 6) is 1.90. The molecule has 3 fully saturated rings. The van der Waals surface area contributed by atoms with Gasteiger partial charge in [0.2, 0.25) is 0 Å². The molecule has 2 aliphatic heterocycles. The maximum absolute atomic E-state index is 12.9. The SMILES string of the molecule is N#Cc1ccc(OC2CCC(NC(=O)c3ccc(N4CCC(Cc5ccc(NC6CN(CCCF)C6)cc5)CC4)nn3)CC2)cc1Cl. The van der Waals surface area contributed by atoms with E-state index in [1.165, 1.54) is 5.56 Å². The summed E-state index contributed by atoms with van der Waals surface area (Å²) in [7, 11) is 0. The molecule has 1 amide bonds. The normalized spacial score (nSPS) is 20.7. The van der Waals surface area contributed by atoms with Crippen molar-refractivity contribution in [2.75, 3.05) is 49.6 Å². The molecule has 0 atom stereocenters. The van der Waals surface area contributed by atoms with Crippen molar-refractivity contribution in [2.24, 2.45) is 5.92 Å². The number of aromatic nitrogens is 2. The van der Waals surface area contributed by atoms with Gasteiger partial charge in [-0.15, -0.1) is 10.2 Å². The molecule has 9 nitrogen and oxygen atoms in total. The van der Waals surface area contributed by atoms with Gasteiger partial charge in [-0.25, -0.2) is 0 Å². The fraction of sp³-hybridized carbons (Fsp3) is 0.500. The Balaban J connectivity index is 0.888. The van der Waals surface area contributed by atoms with E-state index in [-0.39, 0.29) is 24.7 Å². The van der Waals surface area contributed by atoms with E-state index in [1.807, 2.05) is 6.07 Å². The maximum atomic E-state index is 12.9. The number of likely N-dealkylation sites (tertiary alicyclic amines) is 1. The molecule has 6 rings (SSSR count). The van der Waals surface area contributed by atoms with Crippen LogP contribution in [0.3, 0.4) is 0 Å². The average Bonchev–Trinajstić information content (AvgIpc) is 3.08. The number of ether oxygens (including phenoxy) is 1. The van der Waals surface area contributed by atoms with Crippen molar-refractivity contribution in [3.05, 3.63) is 76.4 Å². The van der Waals surface area contributed by atoms with E-state index < -0.39 is 0 Å². The number of rotatable bonds is 12. The molecule has 0 spiro atoms. The Labute approximate surface area is 281 Å². The van der Waals surface area contributed by atoms with Crippen molar-refractivity contribution in [2.45, 2.75) is 69.6 Å². The highest BCUT2D eigenvalue weighted by molar-refractivity contribution is 6.31. The third-order valence-corrected chi connectivity index (χ3v) is 9.92. The van der Waals surface area contributed by atoms with Crippen LogP contribution in [0.25, 0.3) is 0 Å². The molecule has 0 radical (unpaired) electrons. The lowest BCUT2D eigenvalue weighted by atomic mass is 9.90. The van der Waals surface area contributed by atoms with Crippen molar-refractivity contribution in [3.8, 4) is 11.8 Å². The van der Waals surface area contributed by atoms with Gasteiger partial charge < -0.3 is 20.3 Å². The summed E-state index contributed by atoms with van der Waals surface area (Å²) in [6, 6.07) is 20.2. The molecule has 3 aliphatic rings. The Kier molecular flexibility index (Phi) is 11.1. The molecule has 2 N–H and O–H groups in total. The molecule has 1 aliphatic carbocycles. The molecule has 11 heteroatoms. The second kappa shape index (κ2) is 15.8. The predicted octanol–water partition coefficient (Wildman–Crippen LogP) is 6.04. The first-order valence-corrected chi connectivity index (χ1v) is 17.2. The molecule has 3 heterocycles. The Bertz CT molecular complexity index is 1510. The minimum absolute atomic E-state index is 0.0445. The molecule has 3 aromatic rings. The number of nitriles is 1. The summed E-state index contributed by atoms with van der Waals surface area (Å²) in [6.45, 7) is 4.42. The van der Waals surface area contributed by atoms with Crippen LogP contribution in [0.2, 0.25) is 5.02 Å². The van der Waals surface area contributed by atoms with Crippen molar-refractivity contribution in [3.63, 3.8) is 0 Å². The van der Waals surface area contributed by atoms with Crippen LogP contribution in [0.4, 0.5) is 15.9 Å². The summed E-state index contributed by atoms with van der Waals surface area (Å²) in [4.78, 5) is 17.5. The smallest absolute Gasteiger partial charge is 0.272 e. The number of halogens is 2. The Morgan fingerprint density at radius 3 is 2.40 bits per heavy atom. The summed E-state index contributed by atoms with van der Waals surface area (Å²) in [5.41, 5.74) is 3.27. The van der Waals surface area contributed by atoms with Crippen molar-refractivity contribution >= 4 is 29.0 Å². The van der Waals surface area contributed by atoms with Gasteiger partial charge in [-0.05, 0) is 99.2 Å². The number of benzene rings is 2. The van der Waals surface area contributed by atoms with Crippen LogP contribution in [0, 0.1) is 17.2 Å². The third-order valence-electron chi connectivity index (χ3n) is 9.61. The fourth-order valence-corrected chi connectivity index (χ4v) is 7.06. The first kappa shape index (κ1) is 33.0. The van der Waals surface area contributed by atoms with Crippen LogP contribution in [0.1, 0.15) is 66.6 Å². The first-order chi connectivity index (χ1) is 22.9. The molecule has 2 aromatic carbocycles. The van der Waals surface area contributed by atoms with Gasteiger partial charge in [0, 0.05) is 50.5 Å². The lowest BCUT2D eigenvalue weighted by Gasteiger charge is -2.40. The maximum Gasteiger partial charge on any atom is 0.272 e. The number of nitrogens with zero attached hydrogens (tertiary/aromatic N) is 5. The highest BCUT2D eigenvalue weighted by Crippen LogP contribution is 2.28. The number of hydrogen-bond donors (Lipinski definition) is 2. The Hall–Kier alpha value is -3.94.